The molecule has 0 aliphatic carbocycles. The van der Waals surface area contributed by atoms with E-state index in [1.807, 2.05) is 60.7 Å². The van der Waals surface area contributed by atoms with Crippen molar-refractivity contribution >= 4 is 23.3 Å². The van der Waals surface area contributed by atoms with Crippen molar-refractivity contribution in [3.8, 4) is 5.75 Å². The summed E-state index contributed by atoms with van der Waals surface area (Å²) in [5, 5.41) is 5.62. The van der Waals surface area contributed by atoms with Crippen LogP contribution < -0.4 is 20.3 Å². The molecule has 3 aromatic rings. The van der Waals surface area contributed by atoms with E-state index in [1.165, 1.54) is 0 Å². The lowest BCUT2D eigenvalue weighted by molar-refractivity contribution is -0.120. The Kier molecular flexibility index (Phi) is 5.66. The van der Waals surface area contributed by atoms with Crippen LogP contribution in [0.4, 0.5) is 16.2 Å². The van der Waals surface area contributed by atoms with Gasteiger partial charge in [0.2, 0.25) is 0 Å². The van der Waals surface area contributed by atoms with Crippen molar-refractivity contribution in [2.75, 3.05) is 23.9 Å². The fourth-order valence-corrected chi connectivity index (χ4v) is 3.69. The summed E-state index contributed by atoms with van der Waals surface area (Å²) in [6.07, 6.45) is 0.802. The largest absolute Gasteiger partial charge is 0.495 e. The molecule has 0 fully saturated rings. The third kappa shape index (κ3) is 3.98. The van der Waals surface area contributed by atoms with Crippen LogP contribution in [0.15, 0.2) is 78.9 Å². The van der Waals surface area contributed by atoms with Gasteiger partial charge < -0.3 is 20.3 Å². The van der Waals surface area contributed by atoms with Crippen molar-refractivity contribution in [2.45, 2.75) is 12.5 Å². The van der Waals surface area contributed by atoms with Gasteiger partial charge in [0, 0.05) is 12.2 Å². The van der Waals surface area contributed by atoms with Gasteiger partial charge in [0.15, 0.2) is 0 Å². The maximum atomic E-state index is 13.5. The van der Waals surface area contributed by atoms with Gasteiger partial charge in [-0.1, -0.05) is 60.7 Å². The highest BCUT2D eigenvalue weighted by Crippen LogP contribution is 2.30. The summed E-state index contributed by atoms with van der Waals surface area (Å²) in [7, 11) is 1.54. The van der Waals surface area contributed by atoms with Crippen LogP contribution in [0, 0.1) is 0 Å². The Hall–Kier alpha value is -3.80. The Morgan fingerprint density at radius 3 is 2.43 bits per heavy atom. The SMILES string of the molecule is COc1ccccc1NC(=O)N[C@H](C(=O)N1CCc2ccccc21)c1ccccc1. The number of benzene rings is 3. The molecule has 0 unspecified atom stereocenters. The minimum Gasteiger partial charge on any atom is -0.495 e. The smallest absolute Gasteiger partial charge is 0.320 e. The van der Waals surface area contributed by atoms with E-state index >= 15 is 0 Å². The van der Waals surface area contributed by atoms with Crippen molar-refractivity contribution in [1.82, 2.24) is 5.32 Å². The van der Waals surface area contributed by atoms with Crippen LogP contribution in [0.25, 0.3) is 0 Å². The predicted octanol–water partition coefficient (Wildman–Crippen LogP) is 4.15. The molecule has 1 atom stereocenters. The summed E-state index contributed by atoms with van der Waals surface area (Å²) in [6.45, 7) is 0.595. The average Bonchev–Trinajstić information content (AvgIpc) is 3.22. The first-order chi connectivity index (χ1) is 14.7. The second-order valence-electron chi connectivity index (χ2n) is 7.01. The normalized spacial score (nSPS) is 13.3. The minimum atomic E-state index is -0.813. The summed E-state index contributed by atoms with van der Waals surface area (Å²) in [5.41, 5.74) is 3.29. The van der Waals surface area contributed by atoms with E-state index in [-0.39, 0.29) is 5.91 Å². The molecule has 0 spiro atoms. The van der Waals surface area contributed by atoms with Gasteiger partial charge in [-0.2, -0.15) is 0 Å². The van der Waals surface area contributed by atoms with Crippen molar-refractivity contribution < 1.29 is 14.3 Å². The van der Waals surface area contributed by atoms with Crippen molar-refractivity contribution in [2.24, 2.45) is 0 Å². The van der Waals surface area contributed by atoms with Gasteiger partial charge in [-0.15, -0.1) is 0 Å². The first-order valence-corrected chi connectivity index (χ1v) is 9.82. The monoisotopic (exact) mass is 401 g/mol. The van der Waals surface area contributed by atoms with E-state index in [9.17, 15) is 9.59 Å². The highest BCUT2D eigenvalue weighted by Gasteiger charge is 2.32. The Balaban J connectivity index is 1.58. The number of methoxy groups -OCH3 is 1. The number of anilines is 2. The van der Waals surface area contributed by atoms with Crippen LogP contribution in [0.3, 0.4) is 0 Å². The highest BCUT2D eigenvalue weighted by molar-refractivity contribution is 6.02. The molecule has 30 heavy (non-hydrogen) atoms. The molecule has 0 aromatic heterocycles. The third-order valence-corrected chi connectivity index (χ3v) is 5.16. The maximum absolute atomic E-state index is 13.5. The number of para-hydroxylation sites is 3. The zero-order valence-corrected chi connectivity index (χ0v) is 16.7. The summed E-state index contributed by atoms with van der Waals surface area (Å²) >= 11 is 0. The van der Waals surface area contributed by atoms with Crippen LogP contribution in [0.1, 0.15) is 17.2 Å². The van der Waals surface area contributed by atoms with Gasteiger partial charge in [0.25, 0.3) is 5.91 Å². The average molecular weight is 401 g/mol. The van der Waals surface area contributed by atoms with Gasteiger partial charge in [-0.05, 0) is 35.7 Å². The number of urea groups is 1. The second-order valence-corrected chi connectivity index (χ2v) is 7.01. The molecule has 152 valence electrons. The molecule has 0 saturated carbocycles. The number of fused-ring (bicyclic) bond motifs is 1. The number of hydrogen-bond donors (Lipinski definition) is 2. The number of amides is 3. The van der Waals surface area contributed by atoms with E-state index in [4.69, 9.17) is 4.74 Å². The molecule has 3 amide bonds. The zero-order valence-electron chi connectivity index (χ0n) is 16.7. The minimum absolute atomic E-state index is 0.165. The van der Waals surface area contributed by atoms with Crippen LogP contribution in [-0.4, -0.2) is 25.6 Å². The van der Waals surface area contributed by atoms with Gasteiger partial charge in [0.05, 0.1) is 12.8 Å². The Morgan fingerprint density at radius 2 is 1.63 bits per heavy atom. The molecule has 2 N–H and O–H groups in total. The lowest BCUT2D eigenvalue weighted by Crippen LogP contribution is -2.43. The summed E-state index contributed by atoms with van der Waals surface area (Å²) in [5.74, 6) is 0.380. The molecule has 0 saturated heterocycles. The number of rotatable bonds is 5. The maximum Gasteiger partial charge on any atom is 0.320 e. The van der Waals surface area contributed by atoms with E-state index in [1.54, 1.807) is 30.2 Å². The van der Waals surface area contributed by atoms with Crippen molar-refractivity contribution in [3.63, 3.8) is 0 Å². The molecule has 6 heteroatoms. The fraction of sp³-hybridized carbons (Fsp3) is 0.167. The van der Waals surface area contributed by atoms with Crippen LogP contribution in [0.2, 0.25) is 0 Å². The molecule has 6 nitrogen and oxygen atoms in total. The van der Waals surface area contributed by atoms with Gasteiger partial charge in [-0.25, -0.2) is 4.79 Å². The summed E-state index contributed by atoms with van der Waals surface area (Å²) < 4.78 is 5.29. The number of nitrogens with one attached hydrogen (secondary N) is 2. The lowest BCUT2D eigenvalue weighted by Gasteiger charge is -2.25. The highest BCUT2D eigenvalue weighted by atomic mass is 16.5. The van der Waals surface area contributed by atoms with Crippen molar-refractivity contribution in [3.05, 3.63) is 90.0 Å². The number of carbonyl (C=O) groups is 2. The zero-order chi connectivity index (χ0) is 20.9. The number of hydrogen-bond acceptors (Lipinski definition) is 3. The van der Waals surface area contributed by atoms with Gasteiger partial charge >= 0.3 is 6.03 Å². The Bertz CT molecular complexity index is 1050. The third-order valence-electron chi connectivity index (χ3n) is 5.16. The lowest BCUT2D eigenvalue weighted by atomic mass is 10.1. The number of carbonyl (C=O) groups excluding carboxylic acids is 2. The molecule has 3 aromatic carbocycles. The molecule has 4 rings (SSSR count). The van der Waals surface area contributed by atoms with E-state index in [2.05, 4.69) is 10.6 Å². The summed E-state index contributed by atoms with van der Waals surface area (Å²) in [6, 6.07) is 23.0. The quantitative estimate of drug-likeness (QED) is 0.675. The molecule has 1 aliphatic heterocycles. The second kappa shape index (κ2) is 8.69. The Labute approximate surface area is 175 Å². The van der Waals surface area contributed by atoms with Gasteiger partial charge in [-0.3, -0.25) is 4.79 Å². The summed E-state index contributed by atoms with van der Waals surface area (Å²) in [4.78, 5) is 28.0. The van der Waals surface area contributed by atoms with E-state index in [0.29, 0.717) is 18.0 Å². The molecule has 0 radical (unpaired) electrons. The van der Waals surface area contributed by atoms with E-state index in [0.717, 1.165) is 23.2 Å². The molecular weight excluding hydrogens is 378 g/mol. The predicted molar refractivity (Wildman–Crippen MR) is 117 cm³/mol. The number of nitrogens with zero attached hydrogens (tertiary/aromatic N) is 1. The fourth-order valence-electron chi connectivity index (χ4n) is 3.69. The molecular formula is C24H23N3O3. The first kappa shape index (κ1) is 19.5. The van der Waals surface area contributed by atoms with Crippen LogP contribution >= 0.6 is 0 Å². The topological polar surface area (TPSA) is 70.7 Å². The molecule has 1 aliphatic rings. The molecule has 0 bridgehead atoms. The van der Waals surface area contributed by atoms with Crippen LogP contribution in [-0.2, 0) is 11.2 Å². The molecule has 1 heterocycles. The van der Waals surface area contributed by atoms with Crippen molar-refractivity contribution in [1.29, 1.82) is 0 Å². The van der Waals surface area contributed by atoms with Crippen LogP contribution in [0.5, 0.6) is 5.75 Å². The number of ether oxygens (including phenoxy) is 1. The Morgan fingerprint density at radius 1 is 0.933 bits per heavy atom. The standard InChI is InChI=1S/C24H23N3O3/c1-30-21-14-8-6-12-19(21)25-24(29)26-22(18-10-3-2-4-11-18)23(28)27-16-15-17-9-5-7-13-20(17)27/h2-14,22H,15-16H2,1H3,(H2,25,26,29)/t22-/m0/s1. The van der Waals surface area contributed by atoms with Gasteiger partial charge in [0.1, 0.15) is 11.8 Å². The first-order valence-electron chi connectivity index (χ1n) is 9.82. The van der Waals surface area contributed by atoms with E-state index < -0.39 is 12.1 Å².